The summed E-state index contributed by atoms with van der Waals surface area (Å²) in [4.78, 5) is 0. The van der Waals surface area contributed by atoms with Gasteiger partial charge in [-0.1, -0.05) is 44.9 Å². The van der Waals surface area contributed by atoms with Crippen molar-refractivity contribution in [1.82, 2.24) is 0 Å². The highest BCUT2D eigenvalue weighted by molar-refractivity contribution is 5.36. The van der Waals surface area contributed by atoms with Crippen molar-refractivity contribution in [3.63, 3.8) is 0 Å². The van der Waals surface area contributed by atoms with Crippen LogP contribution in [0.5, 0.6) is 5.75 Å². The molecule has 0 amide bonds. The fourth-order valence-electron chi connectivity index (χ4n) is 3.53. The molecule has 2 unspecified atom stereocenters. The maximum Gasteiger partial charge on any atom is 0.124 e. The summed E-state index contributed by atoms with van der Waals surface area (Å²) in [5, 5.41) is 0. The molecule has 0 bridgehead atoms. The van der Waals surface area contributed by atoms with E-state index in [9.17, 15) is 0 Å². The van der Waals surface area contributed by atoms with E-state index in [0.717, 1.165) is 11.3 Å². The van der Waals surface area contributed by atoms with Gasteiger partial charge < -0.3 is 15.2 Å². The second-order valence-electron chi connectivity index (χ2n) is 6.75. The summed E-state index contributed by atoms with van der Waals surface area (Å²) in [5.74, 6) is 1.42. The molecule has 3 heteroatoms. The van der Waals surface area contributed by atoms with E-state index in [0.29, 0.717) is 24.5 Å². The summed E-state index contributed by atoms with van der Waals surface area (Å²) < 4.78 is 10.9. The van der Waals surface area contributed by atoms with Crippen LogP contribution in [-0.4, -0.2) is 20.3 Å². The van der Waals surface area contributed by atoms with Crippen molar-refractivity contribution in [2.45, 2.75) is 45.6 Å². The molecule has 21 heavy (non-hydrogen) atoms. The number of rotatable bonds is 6. The van der Waals surface area contributed by atoms with E-state index in [4.69, 9.17) is 15.2 Å². The number of hydrogen-bond donors (Lipinski definition) is 1. The zero-order chi connectivity index (χ0) is 15.3. The maximum absolute atomic E-state index is 6.64. The van der Waals surface area contributed by atoms with Gasteiger partial charge in [-0.05, 0) is 30.2 Å². The lowest BCUT2D eigenvalue weighted by atomic mass is 9.65. The highest BCUT2D eigenvalue weighted by Crippen LogP contribution is 2.47. The summed E-state index contributed by atoms with van der Waals surface area (Å²) in [6.45, 7) is 5.86. The van der Waals surface area contributed by atoms with Crippen LogP contribution in [0.4, 0.5) is 0 Å². The van der Waals surface area contributed by atoms with E-state index in [1.165, 1.54) is 25.7 Å². The molecule has 0 aromatic heterocycles. The Hall–Kier alpha value is -1.06. The fourth-order valence-corrected chi connectivity index (χ4v) is 3.53. The first-order valence-corrected chi connectivity index (χ1v) is 8.02. The molecule has 0 aliphatic heterocycles. The number of nitrogens with two attached hydrogens (primary N) is 1. The van der Waals surface area contributed by atoms with Crippen LogP contribution < -0.4 is 10.5 Å². The van der Waals surface area contributed by atoms with Crippen LogP contribution >= 0.6 is 0 Å². The third-order valence-corrected chi connectivity index (χ3v) is 4.85. The topological polar surface area (TPSA) is 44.5 Å². The molecule has 0 heterocycles. The molecule has 2 atom stereocenters. The van der Waals surface area contributed by atoms with Crippen molar-refractivity contribution in [3.8, 4) is 5.75 Å². The van der Waals surface area contributed by atoms with Gasteiger partial charge in [0.15, 0.2) is 0 Å². The minimum absolute atomic E-state index is 0.0408. The van der Waals surface area contributed by atoms with Gasteiger partial charge in [0, 0.05) is 18.7 Å². The van der Waals surface area contributed by atoms with Gasteiger partial charge in [-0.2, -0.15) is 0 Å². The van der Waals surface area contributed by atoms with Crippen molar-refractivity contribution in [1.29, 1.82) is 0 Å². The molecule has 0 saturated heterocycles. The molecule has 118 valence electrons. The van der Waals surface area contributed by atoms with Crippen LogP contribution in [0.15, 0.2) is 24.3 Å². The molecule has 0 spiro atoms. The molecule has 2 rings (SSSR count). The Morgan fingerprint density at radius 2 is 2.00 bits per heavy atom. The quantitative estimate of drug-likeness (QED) is 0.808. The Labute approximate surface area is 128 Å². The zero-order valence-corrected chi connectivity index (χ0v) is 13.6. The highest BCUT2D eigenvalue weighted by Gasteiger charge is 2.37. The van der Waals surface area contributed by atoms with Gasteiger partial charge in [0.2, 0.25) is 0 Å². The minimum atomic E-state index is 0.0408. The average molecular weight is 291 g/mol. The average Bonchev–Trinajstić information content (AvgIpc) is 2.47. The Bertz CT molecular complexity index is 445. The Morgan fingerprint density at radius 1 is 1.24 bits per heavy atom. The fraction of sp³-hybridized carbons (Fsp3) is 0.667. The molecule has 1 aliphatic carbocycles. The minimum Gasteiger partial charge on any atom is -0.491 e. The summed E-state index contributed by atoms with van der Waals surface area (Å²) in [5.41, 5.74) is 8.07. The summed E-state index contributed by atoms with van der Waals surface area (Å²) >= 11 is 0. The predicted octanol–water partition coefficient (Wildman–Crippen LogP) is 3.93. The van der Waals surface area contributed by atoms with Crippen LogP contribution in [-0.2, 0) is 4.74 Å². The SMILES string of the molecule is COCCOc1ccccc1C(N)C1CCCCC1(C)C. The molecule has 1 aromatic carbocycles. The molecule has 1 aromatic rings. The predicted molar refractivity (Wildman–Crippen MR) is 86.5 cm³/mol. The molecule has 1 saturated carbocycles. The van der Waals surface area contributed by atoms with Crippen molar-refractivity contribution in [2.75, 3.05) is 20.3 Å². The lowest BCUT2D eigenvalue weighted by Gasteiger charge is -2.42. The Morgan fingerprint density at radius 3 is 2.71 bits per heavy atom. The first-order valence-electron chi connectivity index (χ1n) is 8.02. The van der Waals surface area contributed by atoms with Crippen LogP contribution in [0.3, 0.4) is 0 Å². The van der Waals surface area contributed by atoms with Gasteiger partial charge in [0.05, 0.1) is 6.61 Å². The molecular formula is C18H29NO2. The number of ether oxygens (including phenoxy) is 2. The van der Waals surface area contributed by atoms with E-state index < -0.39 is 0 Å². The van der Waals surface area contributed by atoms with Crippen molar-refractivity contribution < 1.29 is 9.47 Å². The van der Waals surface area contributed by atoms with Crippen LogP contribution in [0, 0.1) is 11.3 Å². The highest BCUT2D eigenvalue weighted by atomic mass is 16.5. The van der Waals surface area contributed by atoms with Crippen molar-refractivity contribution >= 4 is 0 Å². The molecule has 1 aliphatic rings. The molecular weight excluding hydrogens is 262 g/mol. The standard InChI is InChI=1S/C18H29NO2/c1-18(2)11-7-6-9-15(18)17(19)14-8-4-5-10-16(14)21-13-12-20-3/h4-5,8,10,15,17H,6-7,9,11-13,19H2,1-3H3. The third-order valence-electron chi connectivity index (χ3n) is 4.85. The summed E-state index contributed by atoms with van der Waals surface area (Å²) in [6, 6.07) is 8.22. The van der Waals surface area contributed by atoms with Crippen LogP contribution in [0.25, 0.3) is 0 Å². The molecule has 0 radical (unpaired) electrons. The summed E-state index contributed by atoms with van der Waals surface area (Å²) in [7, 11) is 1.69. The van der Waals surface area contributed by atoms with E-state index >= 15 is 0 Å². The van der Waals surface area contributed by atoms with Gasteiger partial charge in [-0.3, -0.25) is 0 Å². The Kier molecular flexibility index (Phi) is 5.65. The van der Waals surface area contributed by atoms with Crippen LogP contribution in [0.2, 0.25) is 0 Å². The van der Waals surface area contributed by atoms with E-state index in [1.807, 2.05) is 18.2 Å². The van der Waals surface area contributed by atoms with E-state index in [1.54, 1.807) is 7.11 Å². The number of hydrogen-bond acceptors (Lipinski definition) is 3. The normalized spacial score (nSPS) is 22.8. The van der Waals surface area contributed by atoms with Gasteiger partial charge in [-0.15, -0.1) is 0 Å². The van der Waals surface area contributed by atoms with E-state index in [2.05, 4.69) is 19.9 Å². The van der Waals surface area contributed by atoms with E-state index in [-0.39, 0.29) is 6.04 Å². The number of para-hydroxylation sites is 1. The van der Waals surface area contributed by atoms with Crippen molar-refractivity contribution in [2.24, 2.45) is 17.1 Å². The monoisotopic (exact) mass is 291 g/mol. The number of methoxy groups -OCH3 is 1. The van der Waals surface area contributed by atoms with Crippen molar-refractivity contribution in [3.05, 3.63) is 29.8 Å². The Balaban J connectivity index is 2.16. The lowest BCUT2D eigenvalue weighted by Crippen LogP contribution is -2.36. The van der Waals surface area contributed by atoms with Gasteiger partial charge >= 0.3 is 0 Å². The second-order valence-corrected chi connectivity index (χ2v) is 6.75. The maximum atomic E-state index is 6.64. The smallest absolute Gasteiger partial charge is 0.124 e. The van der Waals surface area contributed by atoms with Gasteiger partial charge in [0.1, 0.15) is 12.4 Å². The number of benzene rings is 1. The molecule has 1 fully saturated rings. The first-order chi connectivity index (χ1) is 10.1. The van der Waals surface area contributed by atoms with Gasteiger partial charge in [-0.25, -0.2) is 0 Å². The van der Waals surface area contributed by atoms with Gasteiger partial charge in [0.25, 0.3) is 0 Å². The zero-order valence-electron chi connectivity index (χ0n) is 13.6. The third kappa shape index (κ3) is 3.98. The molecule has 2 N–H and O–H groups in total. The summed E-state index contributed by atoms with van der Waals surface area (Å²) in [6.07, 6.45) is 5.08. The lowest BCUT2D eigenvalue weighted by molar-refractivity contribution is 0.109. The largest absolute Gasteiger partial charge is 0.491 e. The van der Waals surface area contributed by atoms with Crippen LogP contribution in [0.1, 0.15) is 51.1 Å². The molecule has 3 nitrogen and oxygen atoms in total. The second kappa shape index (κ2) is 7.28. The first kappa shape index (κ1) is 16.3.